The molecule has 0 heterocycles. The summed E-state index contributed by atoms with van der Waals surface area (Å²) in [6.45, 7) is 7.24. The molecule has 106 valence electrons. The fourth-order valence-corrected chi connectivity index (χ4v) is 1.71. The largest absolute Gasteiger partial charge is 0.492 e. The van der Waals surface area contributed by atoms with Gasteiger partial charge in [0.25, 0.3) is 0 Å². The minimum atomic E-state index is -0.288. The standard InChI is InChI=1S/C16H24O3/c1-4-6-11-18-15-13(3)9-8-10-14(15)16(17)19-12-7-5-2/h8-10H,4-7,11-12H2,1-3H3. The summed E-state index contributed by atoms with van der Waals surface area (Å²) in [6, 6.07) is 5.57. The minimum absolute atomic E-state index is 0.288. The zero-order valence-corrected chi connectivity index (χ0v) is 12.2. The second-order valence-electron chi connectivity index (χ2n) is 4.64. The van der Waals surface area contributed by atoms with E-state index in [2.05, 4.69) is 13.8 Å². The molecule has 0 spiro atoms. The Hall–Kier alpha value is -1.51. The molecule has 0 N–H and O–H groups in total. The van der Waals surface area contributed by atoms with E-state index >= 15 is 0 Å². The number of carbonyl (C=O) groups is 1. The van der Waals surface area contributed by atoms with E-state index in [-0.39, 0.29) is 5.97 Å². The van der Waals surface area contributed by atoms with E-state index in [4.69, 9.17) is 9.47 Å². The second kappa shape index (κ2) is 8.57. The zero-order chi connectivity index (χ0) is 14.1. The Morgan fingerprint density at radius 2 is 1.79 bits per heavy atom. The highest BCUT2D eigenvalue weighted by molar-refractivity contribution is 5.93. The molecule has 0 radical (unpaired) electrons. The fraction of sp³-hybridized carbons (Fsp3) is 0.562. The lowest BCUT2D eigenvalue weighted by Crippen LogP contribution is -2.10. The normalized spacial score (nSPS) is 10.3. The summed E-state index contributed by atoms with van der Waals surface area (Å²) in [5, 5.41) is 0. The molecule has 1 rings (SSSR count). The van der Waals surface area contributed by atoms with Crippen LogP contribution in [0.3, 0.4) is 0 Å². The molecule has 0 atom stereocenters. The molecule has 3 nitrogen and oxygen atoms in total. The van der Waals surface area contributed by atoms with Gasteiger partial charge < -0.3 is 9.47 Å². The lowest BCUT2D eigenvalue weighted by Gasteiger charge is -2.13. The number of aryl methyl sites for hydroxylation is 1. The lowest BCUT2D eigenvalue weighted by molar-refractivity contribution is 0.0495. The fourth-order valence-electron chi connectivity index (χ4n) is 1.71. The number of benzene rings is 1. The molecule has 0 aliphatic carbocycles. The second-order valence-corrected chi connectivity index (χ2v) is 4.64. The minimum Gasteiger partial charge on any atom is -0.492 e. The maximum Gasteiger partial charge on any atom is 0.341 e. The molecule has 19 heavy (non-hydrogen) atoms. The Labute approximate surface area is 115 Å². The van der Waals surface area contributed by atoms with Gasteiger partial charge in [0.1, 0.15) is 11.3 Å². The van der Waals surface area contributed by atoms with Gasteiger partial charge in [0.2, 0.25) is 0 Å². The van der Waals surface area contributed by atoms with Crippen molar-refractivity contribution < 1.29 is 14.3 Å². The molecule has 1 aromatic carbocycles. The molecule has 0 aromatic heterocycles. The predicted molar refractivity (Wildman–Crippen MR) is 76.8 cm³/mol. The van der Waals surface area contributed by atoms with Gasteiger partial charge >= 0.3 is 5.97 Å². The van der Waals surface area contributed by atoms with Gasteiger partial charge in [0.05, 0.1) is 13.2 Å². The van der Waals surface area contributed by atoms with Crippen LogP contribution < -0.4 is 4.74 Å². The van der Waals surface area contributed by atoms with Gasteiger partial charge in [-0.15, -0.1) is 0 Å². The Morgan fingerprint density at radius 1 is 1.11 bits per heavy atom. The van der Waals surface area contributed by atoms with Gasteiger partial charge in [0.15, 0.2) is 0 Å². The van der Waals surface area contributed by atoms with E-state index in [1.165, 1.54) is 0 Å². The van der Waals surface area contributed by atoms with E-state index in [0.29, 0.717) is 24.5 Å². The van der Waals surface area contributed by atoms with E-state index in [9.17, 15) is 4.79 Å². The first kappa shape index (κ1) is 15.5. The van der Waals surface area contributed by atoms with Crippen LogP contribution in [-0.4, -0.2) is 19.2 Å². The molecule has 0 aliphatic rings. The van der Waals surface area contributed by atoms with Crippen LogP contribution in [-0.2, 0) is 4.74 Å². The molecule has 0 saturated heterocycles. The van der Waals surface area contributed by atoms with Crippen molar-refractivity contribution in [3.8, 4) is 5.75 Å². The molecule has 1 aromatic rings. The first-order chi connectivity index (χ1) is 9.20. The van der Waals surface area contributed by atoms with Crippen LogP contribution in [0.4, 0.5) is 0 Å². The van der Waals surface area contributed by atoms with Crippen molar-refractivity contribution in [3.63, 3.8) is 0 Å². The first-order valence-electron chi connectivity index (χ1n) is 7.10. The third-order valence-electron chi connectivity index (χ3n) is 2.91. The number of esters is 1. The van der Waals surface area contributed by atoms with Crippen LogP contribution in [0, 0.1) is 6.92 Å². The monoisotopic (exact) mass is 264 g/mol. The van der Waals surface area contributed by atoms with Gasteiger partial charge in [-0.3, -0.25) is 0 Å². The Kier molecular flexibility index (Phi) is 7.01. The summed E-state index contributed by atoms with van der Waals surface area (Å²) in [6.07, 6.45) is 3.96. The maximum atomic E-state index is 12.0. The van der Waals surface area contributed by atoms with Crippen LogP contribution in [0.15, 0.2) is 18.2 Å². The molecule has 0 amide bonds. The van der Waals surface area contributed by atoms with Crippen LogP contribution >= 0.6 is 0 Å². The predicted octanol–water partition coefficient (Wildman–Crippen LogP) is 4.13. The third-order valence-corrected chi connectivity index (χ3v) is 2.91. The van der Waals surface area contributed by atoms with Gasteiger partial charge in [-0.25, -0.2) is 4.79 Å². The SMILES string of the molecule is CCCCOC(=O)c1cccc(C)c1OCCCC. The number of carbonyl (C=O) groups excluding carboxylic acids is 1. The van der Waals surface area contributed by atoms with E-state index in [1.54, 1.807) is 6.07 Å². The first-order valence-corrected chi connectivity index (χ1v) is 7.10. The van der Waals surface area contributed by atoms with Crippen LogP contribution in [0.2, 0.25) is 0 Å². The number of unbranched alkanes of at least 4 members (excludes halogenated alkanes) is 2. The summed E-state index contributed by atoms with van der Waals surface area (Å²) in [5.74, 6) is 0.376. The highest BCUT2D eigenvalue weighted by atomic mass is 16.5. The average molecular weight is 264 g/mol. The van der Waals surface area contributed by atoms with E-state index in [0.717, 1.165) is 31.2 Å². The maximum absolute atomic E-state index is 12.0. The van der Waals surface area contributed by atoms with Crippen LogP contribution in [0.1, 0.15) is 55.5 Å². The molecule has 0 bridgehead atoms. The summed E-state index contributed by atoms with van der Waals surface area (Å²) >= 11 is 0. The molecule has 0 unspecified atom stereocenters. The summed E-state index contributed by atoms with van der Waals surface area (Å²) in [7, 11) is 0. The third kappa shape index (κ3) is 4.93. The van der Waals surface area contributed by atoms with Gasteiger partial charge in [-0.2, -0.15) is 0 Å². The van der Waals surface area contributed by atoms with Crippen molar-refractivity contribution in [2.75, 3.05) is 13.2 Å². The van der Waals surface area contributed by atoms with Crippen molar-refractivity contribution >= 4 is 5.97 Å². The van der Waals surface area contributed by atoms with Gasteiger partial charge in [-0.05, 0) is 31.4 Å². The zero-order valence-electron chi connectivity index (χ0n) is 12.2. The van der Waals surface area contributed by atoms with Crippen molar-refractivity contribution in [2.45, 2.75) is 46.5 Å². The van der Waals surface area contributed by atoms with Crippen molar-refractivity contribution in [1.29, 1.82) is 0 Å². The highest BCUT2D eigenvalue weighted by Gasteiger charge is 2.15. The Bertz CT molecular complexity index is 399. The number of hydrogen-bond acceptors (Lipinski definition) is 3. The number of rotatable bonds is 8. The highest BCUT2D eigenvalue weighted by Crippen LogP contribution is 2.24. The summed E-state index contributed by atoms with van der Waals surface area (Å²) in [5.41, 5.74) is 1.51. The summed E-state index contributed by atoms with van der Waals surface area (Å²) in [4.78, 5) is 12.0. The molecule has 0 aliphatic heterocycles. The van der Waals surface area contributed by atoms with Crippen LogP contribution in [0.5, 0.6) is 5.75 Å². The molecular weight excluding hydrogens is 240 g/mol. The Morgan fingerprint density at radius 3 is 2.47 bits per heavy atom. The topological polar surface area (TPSA) is 35.5 Å². The summed E-state index contributed by atoms with van der Waals surface area (Å²) < 4.78 is 11.0. The van der Waals surface area contributed by atoms with E-state index < -0.39 is 0 Å². The van der Waals surface area contributed by atoms with Crippen LogP contribution in [0.25, 0.3) is 0 Å². The lowest BCUT2D eigenvalue weighted by atomic mass is 10.1. The van der Waals surface area contributed by atoms with Crippen molar-refractivity contribution in [1.82, 2.24) is 0 Å². The quantitative estimate of drug-likeness (QED) is 0.523. The smallest absolute Gasteiger partial charge is 0.341 e. The van der Waals surface area contributed by atoms with E-state index in [1.807, 2.05) is 19.1 Å². The molecule has 0 saturated carbocycles. The average Bonchev–Trinajstić information content (AvgIpc) is 2.41. The van der Waals surface area contributed by atoms with Gasteiger partial charge in [-0.1, -0.05) is 38.8 Å². The van der Waals surface area contributed by atoms with Gasteiger partial charge in [0, 0.05) is 0 Å². The van der Waals surface area contributed by atoms with Crippen molar-refractivity contribution in [2.24, 2.45) is 0 Å². The number of hydrogen-bond donors (Lipinski definition) is 0. The molecular formula is C16H24O3. The number of para-hydroxylation sites is 1. The van der Waals surface area contributed by atoms with Crippen molar-refractivity contribution in [3.05, 3.63) is 29.3 Å². The Balaban J connectivity index is 2.75. The molecule has 3 heteroatoms. The number of ether oxygens (including phenoxy) is 2. The molecule has 0 fully saturated rings.